The zero-order valence-corrected chi connectivity index (χ0v) is 14.3. The highest BCUT2D eigenvalue weighted by Crippen LogP contribution is 2.36. The number of benzene rings is 1. The van der Waals surface area contributed by atoms with Gasteiger partial charge in [-0.15, -0.1) is 0 Å². The van der Waals surface area contributed by atoms with Crippen LogP contribution < -0.4 is 14.4 Å². The number of carbonyl (C=O) groups is 2. The lowest BCUT2D eigenvalue weighted by Gasteiger charge is -2.35. The number of anilines is 1. The highest BCUT2D eigenvalue weighted by Gasteiger charge is 2.44. The third-order valence-corrected chi connectivity index (χ3v) is 4.73. The summed E-state index contributed by atoms with van der Waals surface area (Å²) in [5, 5.41) is 0. The molecule has 0 aliphatic carbocycles. The maximum atomic E-state index is 12.9. The second-order valence-electron chi connectivity index (χ2n) is 6.16. The number of rotatable bonds is 4. The fourth-order valence-electron chi connectivity index (χ4n) is 3.26. The fourth-order valence-corrected chi connectivity index (χ4v) is 3.26. The first-order valence-electron chi connectivity index (χ1n) is 8.06. The molecule has 2 amide bonds. The number of ether oxygens (including phenoxy) is 2. The molecule has 1 atom stereocenters. The zero-order valence-electron chi connectivity index (χ0n) is 14.3. The summed E-state index contributed by atoms with van der Waals surface area (Å²) in [5.74, 6) is 0.678. The first-order chi connectivity index (χ1) is 11.5. The second-order valence-corrected chi connectivity index (χ2v) is 6.16. The molecular formula is C17H23N3O4. The molecule has 1 unspecified atom stereocenters. The molecule has 130 valence electrons. The van der Waals surface area contributed by atoms with E-state index in [-0.39, 0.29) is 24.3 Å². The minimum absolute atomic E-state index is 0.184. The summed E-state index contributed by atoms with van der Waals surface area (Å²) in [5.41, 5.74) is 0.448. The summed E-state index contributed by atoms with van der Waals surface area (Å²) < 4.78 is 10.5. The number of carbonyl (C=O) groups excluding carboxylic acids is 2. The van der Waals surface area contributed by atoms with Crippen molar-refractivity contribution in [2.45, 2.75) is 12.5 Å². The number of amides is 2. The third kappa shape index (κ3) is 2.97. The predicted octanol–water partition coefficient (Wildman–Crippen LogP) is 0.583. The van der Waals surface area contributed by atoms with Gasteiger partial charge in [-0.3, -0.25) is 14.5 Å². The number of hydrogen-bond donors (Lipinski definition) is 0. The molecule has 7 heteroatoms. The highest BCUT2D eigenvalue weighted by molar-refractivity contribution is 6.23. The Labute approximate surface area is 141 Å². The van der Waals surface area contributed by atoms with Gasteiger partial charge in [-0.25, -0.2) is 4.90 Å². The molecule has 2 aliphatic heterocycles. The van der Waals surface area contributed by atoms with Crippen LogP contribution in [0.5, 0.6) is 11.5 Å². The first-order valence-corrected chi connectivity index (χ1v) is 8.06. The van der Waals surface area contributed by atoms with Crippen molar-refractivity contribution >= 4 is 17.5 Å². The molecule has 1 aromatic rings. The Morgan fingerprint density at radius 1 is 1.04 bits per heavy atom. The molecule has 0 bridgehead atoms. The molecule has 3 rings (SSSR count). The van der Waals surface area contributed by atoms with Gasteiger partial charge in [0.2, 0.25) is 5.91 Å². The molecule has 0 saturated carbocycles. The highest BCUT2D eigenvalue weighted by atomic mass is 16.5. The molecule has 2 saturated heterocycles. The van der Waals surface area contributed by atoms with Crippen LogP contribution in [-0.4, -0.2) is 75.1 Å². The van der Waals surface area contributed by atoms with Gasteiger partial charge in [0.1, 0.15) is 11.5 Å². The number of hydrogen-bond acceptors (Lipinski definition) is 6. The molecule has 0 N–H and O–H groups in total. The Kier molecular flexibility index (Phi) is 4.73. The fraction of sp³-hybridized carbons (Fsp3) is 0.529. The largest absolute Gasteiger partial charge is 0.497 e. The van der Waals surface area contributed by atoms with Crippen LogP contribution in [-0.2, 0) is 9.59 Å². The van der Waals surface area contributed by atoms with Gasteiger partial charge >= 0.3 is 0 Å². The van der Waals surface area contributed by atoms with Gasteiger partial charge in [-0.05, 0) is 19.2 Å². The first kappa shape index (κ1) is 16.7. The van der Waals surface area contributed by atoms with Crippen molar-refractivity contribution in [3.05, 3.63) is 18.2 Å². The van der Waals surface area contributed by atoms with E-state index in [1.807, 2.05) is 0 Å². The van der Waals surface area contributed by atoms with E-state index in [2.05, 4.69) is 16.8 Å². The molecule has 2 heterocycles. The number of nitrogens with zero attached hydrogens (tertiary/aromatic N) is 3. The van der Waals surface area contributed by atoms with Crippen LogP contribution in [0.3, 0.4) is 0 Å². The van der Waals surface area contributed by atoms with Crippen LogP contribution in [0.15, 0.2) is 18.2 Å². The van der Waals surface area contributed by atoms with E-state index < -0.39 is 0 Å². The molecule has 7 nitrogen and oxygen atoms in total. The van der Waals surface area contributed by atoms with E-state index in [1.54, 1.807) is 25.3 Å². The lowest BCUT2D eigenvalue weighted by Crippen LogP contribution is -2.51. The number of likely N-dealkylation sites (N-methyl/N-ethyl adjacent to an activating group) is 1. The second kappa shape index (κ2) is 6.78. The van der Waals surface area contributed by atoms with E-state index in [1.165, 1.54) is 12.0 Å². The number of imide groups is 1. The Bertz CT molecular complexity index is 641. The predicted molar refractivity (Wildman–Crippen MR) is 89.5 cm³/mol. The van der Waals surface area contributed by atoms with Crippen molar-refractivity contribution in [2.75, 3.05) is 52.3 Å². The van der Waals surface area contributed by atoms with Gasteiger partial charge in [0.05, 0.1) is 32.4 Å². The lowest BCUT2D eigenvalue weighted by atomic mass is 10.2. The van der Waals surface area contributed by atoms with Crippen molar-refractivity contribution in [2.24, 2.45) is 0 Å². The number of methoxy groups -OCH3 is 2. The average Bonchev–Trinajstić information content (AvgIpc) is 2.89. The molecule has 24 heavy (non-hydrogen) atoms. The number of piperazine rings is 1. The van der Waals surface area contributed by atoms with E-state index in [9.17, 15) is 9.59 Å². The minimum atomic E-state index is -0.387. The van der Waals surface area contributed by atoms with Gasteiger partial charge in [-0.1, -0.05) is 0 Å². The van der Waals surface area contributed by atoms with Crippen LogP contribution >= 0.6 is 0 Å². The van der Waals surface area contributed by atoms with E-state index in [0.717, 1.165) is 26.2 Å². The normalized spacial score (nSPS) is 23.0. The van der Waals surface area contributed by atoms with Gasteiger partial charge < -0.3 is 14.4 Å². The van der Waals surface area contributed by atoms with E-state index in [4.69, 9.17) is 9.47 Å². The average molecular weight is 333 g/mol. The van der Waals surface area contributed by atoms with Crippen LogP contribution in [0.4, 0.5) is 5.69 Å². The van der Waals surface area contributed by atoms with Crippen molar-refractivity contribution < 1.29 is 19.1 Å². The standard InChI is InChI=1S/C17H23N3O4/c1-18-6-8-19(9-7-18)14-11-16(21)20(17(14)22)13-10-12(23-2)4-5-15(13)24-3/h4-5,10,14H,6-9,11H2,1-3H3. The SMILES string of the molecule is COc1ccc(OC)c(N2C(=O)CC(N3CCN(C)CC3)C2=O)c1. The Hall–Kier alpha value is -2.12. The molecule has 2 aliphatic rings. The molecule has 0 aromatic heterocycles. The summed E-state index contributed by atoms with van der Waals surface area (Å²) in [7, 11) is 5.13. The quantitative estimate of drug-likeness (QED) is 0.752. The Morgan fingerprint density at radius 2 is 1.75 bits per heavy atom. The van der Waals surface area contributed by atoms with Crippen molar-refractivity contribution in [3.63, 3.8) is 0 Å². The summed E-state index contributed by atoms with van der Waals surface area (Å²) in [6.45, 7) is 3.40. The minimum Gasteiger partial charge on any atom is -0.497 e. The van der Waals surface area contributed by atoms with Gasteiger partial charge in [0, 0.05) is 32.2 Å². The van der Waals surface area contributed by atoms with Gasteiger partial charge in [-0.2, -0.15) is 0 Å². The van der Waals surface area contributed by atoms with Crippen LogP contribution in [0.2, 0.25) is 0 Å². The monoisotopic (exact) mass is 333 g/mol. The zero-order chi connectivity index (χ0) is 17.3. The smallest absolute Gasteiger partial charge is 0.251 e. The third-order valence-electron chi connectivity index (χ3n) is 4.73. The van der Waals surface area contributed by atoms with Crippen LogP contribution in [0, 0.1) is 0 Å². The van der Waals surface area contributed by atoms with E-state index >= 15 is 0 Å². The van der Waals surface area contributed by atoms with Gasteiger partial charge in [0.25, 0.3) is 5.91 Å². The van der Waals surface area contributed by atoms with Crippen molar-refractivity contribution in [1.29, 1.82) is 0 Å². The summed E-state index contributed by atoms with van der Waals surface area (Å²) in [4.78, 5) is 31.0. The van der Waals surface area contributed by atoms with Crippen LogP contribution in [0.25, 0.3) is 0 Å². The van der Waals surface area contributed by atoms with Crippen molar-refractivity contribution in [3.8, 4) is 11.5 Å². The molecule has 0 radical (unpaired) electrons. The topological polar surface area (TPSA) is 62.3 Å². The van der Waals surface area contributed by atoms with Crippen LogP contribution in [0.1, 0.15) is 6.42 Å². The molecule has 1 aromatic carbocycles. The summed E-state index contributed by atoms with van der Waals surface area (Å²) >= 11 is 0. The Morgan fingerprint density at radius 3 is 2.38 bits per heavy atom. The summed E-state index contributed by atoms with van der Waals surface area (Å²) in [6, 6.07) is 4.73. The lowest BCUT2D eigenvalue weighted by molar-refractivity contribution is -0.123. The molecule has 2 fully saturated rings. The molecular weight excluding hydrogens is 310 g/mol. The van der Waals surface area contributed by atoms with Crippen molar-refractivity contribution in [1.82, 2.24) is 9.80 Å². The van der Waals surface area contributed by atoms with Gasteiger partial charge in [0.15, 0.2) is 0 Å². The Balaban J connectivity index is 1.87. The summed E-state index contributed by atoms with van der Waals surface area (Å²) in [6.07, 6.45) is 0.211. The molecule has 0 spiro atoms. The van der Waals surface area contributed by atoms with E-state index in [0.29, 0.717) is 17.2 Å². The maximum absolute atomic E-state index is 12.9. The maximum Gasteiger partial charge on any atom is 0.251 e.